The van der Waals surface area contributed by atoms with Gasteiger partial charge >= 0.3 is 5.97 Å². The number of amides is 1. The number of carbonyl (C=O) groups is 2. The number of allylic oxidation sites excluding steroid dienone is 4. The number of rotatable bonds is 42. The first-order valence-corrected chi connectivity index (χ1v) is 23.6. The Morgan fingerprint density at radius 2 is 0.926 bits per heavy atom. The lowest BCUT2D eigenvalue weighted by Gasteiger charge is -2.24. The normalized spacial score (nSPS) is 13.5. The Bertz CT molecular complexity index is 858. The molecule has 0 saturated heterocycles. The van der Waals surface area contributed by atoms with Crippen LogP contribution in [0.15, 0.2) is 24.3 Å². The van der Waals surface area contributed by atoms with E-state index in [4.69, 9.17) is 4.74 Å². The number of hydrogen-bond acceptors (Lipinski definition) is 5. The molecule has 0 saturated carbocycles. The smallest absolute Gasteiger partial charge is 0.306 e. The average Bonchev–Trinajstić information content (AvgIpc) is 3.16. The largest absolute Gasteiger partial charge is 0.462 e. The van der Waals surface area contributed by atoms with Gasteiger partial charge in [-0.05, 0) is 64.2 Å². The molecule has 6 nitrogen and oxygen atoms in total. The lowest BCUT2D eigenvalue weighted by molar-refractivity contribution is -0.151. The van der Waals surface area contributed by atoms with Crippen LogP contribution in [-0.2, 0) is 14.3 Å². The van der Waals surface area contributed by atoms with Crippen LogP contribution in [0.4, 0.5) is 0 Å². The van der Waals surface area contributed by atoms with Gasteiger partial charge < -0.3 is 20.3 Å². The summed E-state index contributed by atoms with van der Waals surface area (Å²) in [4.78, 5) is 25.9. The van der Waals surface area contributed by atoms with Gasteiger partial charge in [0.15, 0.2) is 0 Å². The molecule has 1 amide bonds. The van der Waals surface area contributed by atoms with Crippen LogP contribution in [0.25, 0.3) is 0 Å². The van der Waals surface area contributed by atoms with Crippen LogP contribution in [-0.4, -0.2) is 46.9 Å². The minimum atomic E-state index is -0.788. The molecule has 0 radical (unpaired) electrons. The van der Waals surface area contributed by atoms with Crippen LogP contribution in [0.3, 0.4) is 0 Å². The lowest BCUT2D eigenvalue weighted by Crippen LogP contribution is -2.46. The number of nitrogens with one attached hydrogen (secondary N) is 1. The first-order chi connectivity index (χ1) is 26.5. The Balaban J connectivity index is 4.38. The van der Waals surface area contributed by atoms with Gasteiger partial charge in [-0.25, -0.2) is 0 Å². The van der Waals surface area contributed by atoms with Gasteiger partial charge in [0.1, 0.15) is 6.10 Å². The summed E-state index contributed by atoms with van der Waals surface area (Å²) in [5, 5.41) is 23.6. The molecule has 0 aromatic carbocycles. The van der Waals surface area contributed by atoms with Crippen molar-refractivity contribution >= 4 is 11.9 Å². The lowest BCUT2D eigenvalue weighted by atomic mass is 10.0. The van der Waals surface area contributed by atoms with Crippen molar-refractivity contribution in [2.45, 2.75) is 264 Å². The van der Waals surface area contributed by atoms with Crippen molar-refractivity contribution in [1.29, 1.82) is 0 Å². The van der Waals surface area contributed by atoms with E-state index in [0.29, 0.717) is 19.3 Å². The third-order valence-corrected chi connectivity index (χ3v) is 10.7. The van der Waals surface area contributed by atoms with Crippen LogP contribution in [0.5, 0.6) is 0 Å². The van der Waals surface area contributed by atoms with Gasteiger partial charge in [0.25, 0.3) is 0 Å². The number of esters is 1. The Kier molecular flexibility index (Phi) is 41.2. The summed E-state index contributed by atoms with van der Waals surface area (Å²) in [6.45, 7) is 6.35. The third-order valence-electron chi connectivity index (χ3n) is 10.7. The van der Waals surface area contributed by atoms with E-state index < -0.39 is 18.2 Å². The molecule has 3 unspecified atom stereocenters. The van der Waals surface area contributed by atoms with Gasteiger partial charge in [-0.2, -0.15) is 0 Å². The van der Waals surface area contributed by atoms with Crippen molar-refractivity contribution in [1.82, 2.24) is 5.32 Å². The zero-order valence-corrected chi connectivity index (χ0v) is 36.1. The van der Waals surface area contributed by atoms with Crippen LogP contribution >= 0.6 is 0 Å². The number of hydrogen-bond donors (Lipinski definition) is 3. The quantitative estimate of drug-likeness (QED) is 0.0327. The number of ether oxygens (including phenoxy) is 1. The molecular formula is C48H91NO5. The molecule has 0 aliphatic heterocycles. The van der Waals surface area contributed by atoms with Gasteiger partial charge in [0.2, 0.25) is 5.91 Å². The molecule has 3 N–H and O–H groups in total. The van der Waals surface area contributed by atoms with E-state index in [2.05, 4.69) is 50.4 Å². The van der Waals surface area contributed by atoms with Crippen molar-refractivity contribution in [2.75, 3.05) is 6.61 Å². The first kappa shape index (κ1) is 52.3. The van der Waals surface area contributed by atoms with E-state index in [-0.39, 0.29) is 24.9 Å². The van der Waals surface area contributed by atoms with Gasteiger partial charge in [-0.15, -0.1) is 0 Å². The van der Waals surface area contributed by atoms with Crippen LogP contribution in [0.1, 0.15) is 245 Å². The molecule has 0 aromatic rings. The van der Waals surface area contributed by atoms with Crippen LogP contribution in [0, 0.1) is 0 Å². The Morgan fingerprint density at radius 3 is 1.41 bits per heavy atom. The minimum Gasteiger partial charge on any atom is -0.462 e. The highest BCUT2D eigenvalue weighted by molar-refractivity contribution is 5.77. The maximum absolute atomic E-state index is 13.1. The van der Waals surface area contributed by atoms with Crippen LogP contribution in [0.2, 0.25) is 0 Å². The van der Waals surface area contributed by atoms with E-state index in [1.165, 1.54) is 116 Å². The first-order valence-electron chi connectivity index (χ1n) is 23.6. The standard InChI is InChI=1S/C48H91NO5/c1-4-7-10-13-16-19-21-22-23-24-25-26-27-28-31-34-37-40-46(51)45(43-50)49-47(52)42-44(39-36-33-30-18-15-12-9-6-3)54-48(53)41-38-35-32-29-20-17-14-11-8-5-2/h11-12,14-15,44-46,50-51H,4-10,13,16-43H2,1-3H3,(H,49,52)/b14-11-,15-12-. The highest BCUT2D eigenvalue weighted by Crippen LogP contribution is 2.17. The number of aliphatic hydroxyl groups is 2. The highest BCUT2D eigenvalue weighted by atomic mass is 16.5. The zero-order valence-electron chi connectivity index (χ0n) is 36.1. The predicted molar refractivity (Wildman–Crippen MR) is 232 cm³/mol. The molecule has 0 bridgehead atoms. The highest BCUT2D eigenvalue weighted by Gasteiger charge is 2.24. The summed E-state index contributed by atoms with van der Waals surface area (Å²) in [6, 6.07) is -0.702. The third kappa shape index (κ3) is 37.3. The fourth-order valence-corrected chi connectivity index (χ4v) is 7.14. The van der Waals surface area contributed by atoms with E-state index in [0.717, 1.165) is 83.5 Å². The molecule has 0 aliphatic carbocycles. The summed E-state index contributed by atoms with van der Waals surface area (Å²) in [6.07, 6.45) is 46.8. The van der Waals surface area contributed by atoms with Gasteiger partial charge in [-0.3, -0.25) is 9.59 Å². The maximum atomic E-state index is 13.1. The Labute approximate surface area is 335 Å². The summed E-state index contributed by atoms with van der Waals surface area (Å²) in [7, 11) is 0. The molecule has 318 valence electrons. The zero-order chi connectivity index (χ0) is 39.6. The van der Waals surface area contributed by atoms with Crippen molar-refractivity contribution in [3.8, 4) is 0 Å². The van der Waals surface area contributed by atoms with Gasteiger partial charge in [-0.1, -0.05) is 193 Å². The topological polar surface area (TPSA) is 95.9 Å². The fraction of sp³-hybridized carbons (Fsp3) is 0.875. The second-order valence-corrected chi connectivity index (χ2v) is 16.2. The maximum Gasteiger partial charge on any atom is 0.306 e. The molecule has 0 spiro atoms. The number of aliphatic hydroxyl groups excluding tert-OH is 2. The molecule has 3 atom stereocenters. The second-order valence-electron chi connectivity index (χ2n) is 16.2. The van der Waals surface area contributed by atoms with Crippen LogP contribution < -0.4 is 5.32 Å². The van der Waals surface area contributed by atoms with E-state index in [1.807, 2.05) is 0 Å². The molecule has 0 fully saturated rings. The summed E-state index contributed by atoms with van der Waals surface area (Å²) in [5.74, 6) is -0.501. The molecule has 0 aromatic heterocycles. The summed E-state index contributed by atoms with van der Waals surface area (Å²) < 4.78 is 5.86. The van der Waals surface area contributed by atoms with Crippen molar-refractivity contribution in [3.63, 3.8) is 0 Å². The second kappa shape index (κ2) is 42.5. The van der Waals surface area contributed by atoms with Gasteiger partial charge in [0, 0.05) is 6.42 Å². The molecule has 0 heterocycles. The van der Waals surface area contributed by atoms with Crippen molar-refractivity contribution in [2.24, 2.45) is 0 Å². The Morgan fingerprint density at radius 1 is 0.519 bits per heavy atom. The van der Waals surface area contributed by atoms with E-state index in [1.54, 1.807) is 0 Å². The van der Waals surface area contributed by atoms with Crippen molar-refractivity contribution < 1.29 is 24.5 Å². The van der Waals surface area contributed by atoms with E-state index >= 15 is 0 Å². The number of carbonyl (C=O) groups excluding carboxylic acids is 2. The predicted octanol–water partition coefficient (Wildman–Crippen LogP) is 13.6. The summed E-state index contributed by atoms with van der Waals surface area (Å²) >= 11 is 0. The monoisotopic (exact) mass is 762 g/mol. The molecule has 0 rings (SSSR count). The number of unbranched alkanes of at least 4 members (excludes halogenated alkanes) is 26. The molecular weight excluding hydrogens is 671 g/mol. The van der Waals surface area contributed by atoms with Gasteiger partial charge in [0.05, 0.1) is 25.2 Å². The molecule has 0 aliphatic rings. The molecule has 6 heteroatoms. The Hall–Kier alpha value is -1.66. The summed E-state index contributed by atoms with van der Waals surface area (Å²) in [5.41, 5.74) is 0. The minimum absolute atomic E-state index is 0.0655. The fourth-order valence-electron chi connectivity index (χ4n) is 7.14. The van der Waals surface area contributed by atoms with Crippen molar-refractivity contribution in [3.05, 3.63) is 24.3 Å². The van der Waals surface area contributed by atoms with E-state index in [9.17, 15) is 19.8 Å². The average molecular weight is 762 g/mol. The SMILES string of the molecule is CCC/C=C\CCCCCCCC(=O)OC(CCCCC/C=C\CCC)CC(=O)NC(CO)C(O)CCCCCCCCCCCCCCCCCCC. The molecule has 54 heavy (non-hydrogen) atoms.